The molecule has 0 aliphatic carbocycles. The molecule has 5 rings (SSSR count). The number of aromatic nitrogens is 2. The molecule has 0 radical (unpaired) electrons. The summed E-state index contributed by atoms with van der Waals surface area (Å²) < 4.78 is 46.5. The maximum atomic E-state index is 14.4. The number of allylic oxidation sites excluding steroid dienone is 1. The van der Waals surface area contributed by atoms with Crippen molar-refractivity contribution in [3.8, 4) is 33.3 Å². The van der Waals surface area contributed by atoms with Gasteiger partial charge in [0, 0.05) is 42.7 Å². The van der Waals surface area contributed by atoms with Crippen LogP contribution in [0.25, 0.3) is 33.6 Å². The number of carbonyl (C=O) groups is 1. The van der Waals surface area contributed by atoms with E-state index in [2.05, 4.69) is 10.3 Å². The Morgan fingerprint density at radius 1 is 1.18 bits per heavy atom. The van der Waals surface area contributed by atoms with Crippen LogP contribution in [0.2, 0.25) is 5.02 Å². The normalized spacial score (nSPS) is 15.2. The number of hydrogen-bond donors (Lipinski definition) is 1. The largest absolute Gasteiger partial charge is 0.494 e. The fourth-order valence-corrected chi connectivity index (χ4v) is 6.22. The molecule has 1 aliphatic rings. The topological polar surface area (TPSA) is 76.5 Å². The molecule has 0 saturated carbocycles. The Balaban J connectivity index is 1.74. The van der Waals surface area contributed by atoms with Crippen molar-refractivity contribution in [2.75, 3.05) is 26.2 Å². The molecule has 1 saturated heterocycles. The van der Waals surface area contributed by atoms with Crippen LogP contribution in [0.3, 0.4) is 0 Å². The molecule has 45 heavy (non-hydrogen) atoms. The molecule has 3 heterocycles. The van der Waals surface area contributed by atoms with Gasteiger partial charge < -0.3 is 15.0 Å². The lowest BCUT2D eigenvalue weighted by molar-refractivity contribution is -0.137. The molecule has 7 nitrogen and oxygen atoms in total. The molecule has 1 N–H and O–H groups in total. The number of benzene rings is 2. The van der Waals surface area contributed by atoms with Gasteiger partial charge in [0.05, 0.1) is 45.4 Å². The van der Waals surface area contributed by atoms with Crippen LogP contribution in [0.1, 0.15) is 49.3 Å². The van der Waals surface area contributed by atoms with E-state index in [-0.39, 0.29) is 22.5 Å². The van der Waals surface area contributed by atoms with Crippen molar-refractivity contribution in [3.63, 3.8) is 0 Å². The fraction of sp³-hybridized carbons (Fsp3) is 0.303. The average molecular weight is 657 g/mol. The van der Waals surface area contributed by atoms with Crippen molar-refractivity contribution < 1.29 is 22.7 Å². The lowest BCUT2D eigenvalue weighted by Crippen LogP contribution is -2.51. The monoisotopic (exact) mass is 656 g/mol. The third kappa shape index (κ3) is 7.00. The second-order valence-corrected chi connectivity index (χ2v) is 12.3. The smallest absolute Gasteiger partial charge is 0.416 e. The second kappa shape index (κ2) is 13.2. The molecular weight excluding hydrogens is 625 g/mol. The number of ether oxygens (including phenoxy) is 1. The Morgan fingerprint density at radius 3 is 2.56 bits per heavy atom. The molecule has 236 valence electrons. The summed E-state index contributed by atoms with van der Waals surface area (Å²) in [5.41, 5.74) is 1.66. The number of nitrogens with zero attached hydrogens (tertiary/aromatic N) is 3. The number of hydrogen-bond acceptors (Lipinski definition) is 6. The van der Waals surface area contributed by atoms with Gasteiger partial charge >= 0.3 is 6.18 Å². The van der Waals surface area contributed by atoms with E-state index in [1.165, 1.54) is 16.7 Å². The van der Waals surface area contributed by atoms with Gasteiger partial charge in [-0.2, -0.15) is 13.2 Å². The molecule has 0 bridgehead atoms. The number of piperazine rings is 1. The van der Waals surface area contributed by atoms with Crippen LogP contribution in [0.5, 0.6) is 5.75 Å². The van der Waals surface area contributed by atoms with E-state index >= 15 is 0 Å². The van der Waals surface area contributed by atoms with Gasteiger partial charge in [0.15, 0.2) is 0 Å². The van der Waals surface area contributed by atoms with Crippen LogP contribution in [-0.4, -0.2) is 52.6 Å². The minimum atomic E-state index is -4.46. The minimum Gasteiger partial charge on any atom is -0.494 e. The van der Waals surface area contributed by atoms with Crippen molar-refractivity contribution in [1.82, 2.24) is 19.8 Å². The zero-order valence-electron chi connectivity index (χ0n) is 25.2. The number of rotatable bonds is 7. The summed E-state index contributed by atoms with van der Waals surface area (Å²) in [6, 6.07) is 11.3. The molecule has 12 heteroatoms. The maximum Gasteiger partial charge on any atom is 0.416 e. The zero-order chi connectivity index (χ0) is 32.5. The SMILES string of the molecule is CCOc1ccc(Cl)c(-n2c(C=C(C)C)c(C(=O)N3CCN[C@@H](C)C3)cc(-c3nc(-c4ccc(C(F)(F)F)cc4)cs3)c2=O)c1. The molecule has 2 aromatic heterocycles. The van der Waals surface area contributed by atoms with Crippen molar-refractivity contribution in [1.29, 1.82) is 0 Å². The van der Waals surface area contributed by atoms with Gasteiger partial charge in [0.2, 0.25) is 0 Å². The van der Waals surface area contributed by atoms with Crippen LogP contribution in [0.15, 0.2) is 64.3 Å². The van der Waals surface area contributed by atoms with Crippen molar-refractivity contribution in [3.05, 3.63) is 91.7 Å². The van der Waals surface area contributed by atoms with E-state index in [9.17, 15) is 22.8 Å². The van der Waals surface area contributed by atoms with Gasteiger partial charge in [-0.25, -0.2) is 4.98 Å². The predicted molar refractivity (Wildman–Crippen MR) is 172 cm³/mol. The third-order valence-corrected chi connectivity index (χ3v) is 8.46. The van der Waals surface area contributed by atoms with Gasteiger partial charge in [-0.15, -0.1) is 11.3 Å². The highest BCUT2D eigenvalue weighted by Crippen LogP contribution is 2.34. The van der Waals surface area contributed by atoms with Crippen LogP contribution in [0.4, 0.5) is 13.2 Å². The summed E-state index contributed by atoms with van der Waals surface area (Å²) in [4.78, 5) is 35.0. The number of thiazole rings is 1. The molecule has 4 aromatic rings. The van der Waals surface area contributed by atoms with E-state index in [1.54, 1.807) is 40.6 Å². The Labute approximate surface area is 267 Å². The number of alkyl halides is 3. The van der Waals surface area contributed by atoms with Crippen LogP contribution < -0.4 is 15.6 Å². The van der Waals surface area contributed by atoms with Crippen LogP contribution in [0, 0.1) is 0 Å². The zero-order valence-corrected chi connectivity index (χ0v) is 26.7. The first-order valence-corrected chi connectivity index (χ1v) is 15.7. The molecular formula is C33H32ClF3N4O3S. The van der Waals surface area contributed by atoms with Crippen LogP contribution in [-0.2, 0) is 6.18 Å². The molecule has 2 aromatic carbocycles. The van der Waals surface area contributed by atoms with E-state index in [4.69, 9.17) is 16.3 Å². The average Bonchev–Trinajstić information content (AvgIpc) is 3.48. The highest BCUT2D eigenvalue weighted by atomic mass is 35.5. The lowest BCUT2D eigenvalue weighted by Gasteiger charge is -2.32. The first-order chi connectivity index (χ1) is 21.4. The minimum absolute atomic E-state index is 0.0857. The Hall–Kier alpha value is -3.93. The van der Waals surface area contributed by atoms with E-state index in [0.717, 1.165) is 29.0 Å². The summed E-state index contributed by atoms with van der Waals surface area (Å²) in [6.07, 6.45) is -2.68. The number of carbonyl (C=O) groups excluding carboxylic acids is 1. The summed E-state index contributed by atoms with van der Waals surface area (Å²) in [7, 11) is 0. The number of amides is 1. The fourth-order valence-electron chi connectivity index (χ4n) is 5.18. The van der Waals surface area contributed by atoms with Gasteiger partial charge in [0.25, 0.3) is 11.5 Å². The molecule has 1 amide bonds. The Bertz CT molecular complexity index is 1810. The van der Waals surface area contributed by atoms with Gasteiger partial charge in [-0.3, -0.25) is 14.2 Å². The molecule has 1 atom stereocenters. The van der Waals surface area contributed by atoms with Crippen LogP contribution >= 0.6 is 22.9 Å². The quantitative estimate of drug-likeness (QED) is 0.222. The van der Waals surface area contributed by atoms with Gasteiger partial charge in [-0.1, -0.05) is 29.3 Å². The molecule has 0 spiro atoms. The second-order valence-electron chi connectivity index (χ2n) is 11.0. The number of pyridine rings is 1. The highest BCUT2D eigenvalue weighted by Gasteiger charge is 2.31. The van der Waals surface area contributed by atoms with E-state index < -0.39 is 17.3 Å². The van der Waals surface area contributed by atoms with Gasteiger partial charge in [0.1, 0.15) is 10.8 Å². The van der Waals surface area contributed by atoms with Crippen molar-refractivity contribution in [2.45, 2.75) is 39.9 Å². The molecule has 0 unspecified atom stereocenters. The maximum absolute atomic E-state index is 14.4. The van der Waals surface area contributed by atoms with Gasteiger partial charge in [-0.05, 0) is 64.1 Å². The Morgan fingerprint density at radius 2 is 1.91 bits per heavy atom. The number of halogens is 4. The predicted octanol–water partition coefficient (Wildman–Crippen LogP) is 7.56. The molecule has 1 fully saturated rings. The summed E-state index contributed by atoms with van der Waals surface area (Å²) >= 11 is 7.87. The summed E-state index contributed by atoms with van der Waals surface area (Å²) in [6.45, 7) is 9.59. The first-order valence-electron chi connectivity index (χ1n) is 14.4. The third-order valence-electron chi connectivity index (χ3n) is 7.26. The number of nitrogens with one attached hydrogen (secondary N) is 1. The highest BCUT2D eigenvalue weighted by molar-refractivity contribution is 7.13. The lowest BCUT2D eigenvalue weighted by atomic mass is 10.0. The molecule has 1 aliphatic heterocycles. The van der Waals surface area contributed by atoms with E-state index in [0.29, 0.717) is 65.2 Å². The van der Waals surface area contributed by atoms with Crippen molar-refractivity contribution >= 4 is 34.9 Å². The van der Waals surface area contributed by atoms with Crippen molar-refractivity contribution in [2.24, 2.45) is 0 Å². The summed E-state index contributed by atoms with van der Waals surface area (Å²) in [5.74, 6) is 0.252. The van der Waals surface area contributed by atoms with E-state index in [1.807, 2.05) is 27.7 Å². The Kier molecular flexibility index (Phi) is 9.52. The first kappa shape index (κ1) is 32.5. The summed E-state index contributed by atoms with van der Waals surface area (Å²) in [5, 5.41) is 5.61. The standard InChI is InChI=1S/C33H32ClF3N4O3S/c1-5-44-23-10-11-26(34)29(15-23)41-28(14-19(2)3)24(31(42)40-13-12-38-20(4)17-40)16-25(32(41)43)30-39-27(18-45-30)21-6-8-22(9-7-21)33(35,36)37/h6-11,14-16,18,20,38H,5,12-13,17H2,1-4H3/t20-/m0/s1.